The first kappa shape index (κ1) is 23.3. The molecule has 4 rings (SSSR count). The number of rotatable bonds is 7. The minimum Gasteiger partial charge on any atom is -0.506 e. The summed E-state index contributed by atoms with van der Waals surface area (Å²) >= 11 is 0. The van der Waals surface area contributed by atoms with Crippen molar-refractivity contribution in [2.75, 3.05) is 30.8 Å². The maximum Gasteiger partial charge on any atom is 0.246 e. The van der Waals surface area contributed by atoms with Crippen LogP contribution >= 0.6 is 0 Å². The van der Waals surface area contributed by atoms with Gasteiger partial charge in [-0.05, 0) is 55.8 Å². The molecule has 34 heavy (non-hydrogen) atoms. The molecule has 176 valence electrons. The Balaban J connectivity index is 1.45. The molecule has 0 unspecified atom stereocenters. The van der Waals surface area contributed by atoms with E-state index in [9.17, 15) is 14.7 Å². The first-order valence-electron chi connectivity index (χ1n) is 11.4. The Labute approximate surface area is 199 Å². The number of piperidine rings is 1. The number of carbonyl (C=O) groups is 2. The fourth-order valence-electron chi connectivity index (χ4n) is 4.31. The van der Waals surface area contributed by atoms with E-state index < -0.39 is 6.04 Å². The number of anilines is 2. The molecule has 2 amide bonds. The lowest BCUT2D eigenvalue weighted by Crippen LogP contribution is -2.44. The van der Waals surface area contributed by atoms with E-state index in [2.05, 4.69) is 15.5 Å². The molecule has 0 spiro atoms. The van der Waals surface area contributed by atoms with Gasteiger partial charge in [0.1, 0.15) is 17.5 Å². The highest BCUT2D eigenvalue weighted by atomic mass is 16.5. The van der Waals surface area contributed by atoms with Crippen LogP contribution in [-0.2, 0) is 9.59 Å². The number of hydrogen-bond acceptors (Lipinski definition) is 5. The molecule has 1 aliphatic heterocycles. The fraction of sp³-hybridized carbons (Fsp3) is 0.259. The van der Waals surface area contributed by atoms with E-state index >= 15 is 0 Å². The zero-order valence-electron chi connectivity index (χ0n) is 19.1. The topological polar surface area (TPSA) is 90.9 Å². The van der Waals surface area contributed by atoms with Crippen LogP contribution in [0.3, 0.4) is 0 Å². The molecule has 0 aliphatic carbocycles. The lowest BCUT2D eigenvalue weighted by atomic mass is 9.93. The summed E-state index contributed by atoms with van der Waals surface area (Å²) in [7, 11) is 1.59. The number of nitrogens with zero attached hydrogens (tertiary/aromatic N) is 1. The number of methoxy groups -OCH3 is 1. The monoisotopic (exact) mass is 459 g/mol. The van der Waals surface area contributed by atoms with Gasteiger partial charge in [-0.25, -0.2) is 0 Å². The van der Waals surface area contributed by atoms with Crippen LogP contribution in [0.2, 0.25) is 0 Å². The van der Waals surface area contributed by atoms with Gasteiger partial charge < -0.3 is 20.5 Å². The van der Waals surface area contributed by atoms with Crippen LogP contribution in [0.5, 0.6) is 11.5 Å². The lowest BCUT2D eigenvalue weighted by molar-refractivity contribution is -0.124. The second-order valence-electron chi connectivity index (χ2n) is 8.35. The van der Waals surface area contributed by atoms with Gasteiger partial charge in [0.15, 0.2) is 0 Å². The van der Waals surface area contributed by atoms with Crippen LogP contribution in [0.25, 0.3) is 0 Å². The number of carbonyl (C=O) groups excluding carboxylic acids is 2. The SMILES string of the molecule is COc1cccc(NC(=O)[C@H](c2ccccc2)N2CCC(C(=O)Nc3ccccc3O)CC2)c1. The normalized spacial score (nSPS) is 15.3. The molecule has 3 aromatic rings. The third kappa shape index (κ3) is 5.55. The summed E-state index contributed by atoms with van der Waals surface area (Å²) in [6.45, 7) is 1.20. The van der Waals surface area contributed by atoms with E-state index in [-0.39, 0.29) is 23.5 Å². The molecule has 7 nitrogen and oxygen atoms in total. The summed E-state index contributed by atoms with van der Waals surface area (Å²) < 4.78 is 5.27. The molecule has 1 aliphatic rings. The molecule has 0 radical (unpaired) electrons. The number of likely N-dealkylation sites (tertiary alicyclic amines) is 1. The number of amides is 2. The smallest absolute Gasteiger partial charge is 0.246 e. The number of hydrogen-bond donors (Lipinski definition) is 3. The Hall–Kier alpha value is -3.84. The van der Waals surface area contributed by atoms with Gasteiger partial charge in [0.25, 0.3) is 0 Å². The Morgan fingerprint density at radius 1 is 0.941 bits per heavy atom. The molecule has 0 bridgehead atoms. The zero-order valence-corrected chi connectivity index (χ0v) is 19.1. The molecule has 0 saturated carbocycles. The van der Waals surface area contributed by atoms with Gasteiger partial charge in [0.2, 0.25) is 11.8 Å². The largest absolute Gasteiger partial charge is 0.506 e. The van der Waals surface area contributed by atoms with E-state index in [0.717, 1.165) is 5.56 Å². The predicted molar refractivity (Wildman–Crippen MR) is 132 cm³/mol. The molecule has 1 saturated heterocycles. The van der Waals surface area contributed by atoms with Crippen LogP contribution < -0.4 is 15.4 Å². The number of nitrogens with one attached hydrogen (secondary N) is 2. The molecule has 1 atom stereocenters. The van der Waals surface area contributed by atoms with E-state index in [1.54, 1.807) is 37.4 Å². The summed E-state index contributed by atoms with van der Waals surface area (Å²) in [6, 6.07) is 23.2. The molecule has 3 aromatic carbocycles. The molecule has 0 aromatic heterocycles. The number of ether oxygens (including phenoxy) is 1. The first-order chi connectivity index (χ1) is 16.5. The van der Waals surface area contributed by atoms with Crippen molar-refractivity contribution in [2.45, 2.75) is 18.9 Å². The second-order valence-corrected chi connectivity index (χ2v) is 8.35. The van der Waals surface area contributed by atoms with Crippen LogP contribution in [0.15, 0.2) is 78.9 Å². The van der Waals surface area contributed by atoms with E-state index in [1.807, 2.05) is 48.5 Å². The summed E-state index contributed by atoms with van der Waals surface area (Å²) in [5.74, 6) is 0.292. The van der Waals surface area contributed by atoms with Crippen LogP contribution in [-0.4, -0.2) is 42.0 Å². The molecular weight excluding hydrogens is 430 g/mol. The fourth-order valence-corrected chi connectivity index (χ4v) is 4.31. The number of benzene rings is 3. The van der Waals surface area contributed by atoms with Crippen LogP contribution in [0.1, 0.15) is 24.4 Å². The third-order valence-electron chi connectivity index (χ3n) is 6.13. The van der Waals surface area contributed by atoms with Crippen molar-refractivity contribution in [3.05, 3.63) is 84.4 Å². The van der Waals surface area contributed by atoms with Gasteiger partial charge >= 0.3 is 0 Å². The van der Waals surface area contributed by atoms with Crippen molar-refractivity contribution in [2.24, 2.45) is 5.92 Å². The Morgan fingerprint density at radius 2 is 1.65 bits per heavy atom. The number of phenols is 1. The van der Waals surface area contributed by atoms with Gasteiger partial charge in [0.05, 0.1) is 12.8 Å². The molecule has 7 heteroatoms. The summed E-state index contributed by atoms with van der Waals surface area (Å²) in [6.07, 6.45) is 1.24. The molecule has 1 heterocycles. The summed E-state index contributed by atoms with van der Waals surface area (Å²) in [4.78, 5) is 28.3. The van der Waals surface area contributed by atoms with E-state index in [1.165, 1.54) is 0 Å². The van der Waals surface area contributed by atoms with Crippen LogP contribution in [0.4, 0.5) is 11.4 Å². The highest BCUT2D eigenvalue weighted by Gasteiger charge is 2.33. The lowest BCUT2D eigenvalue weighted by Gasteiger charge is -2.36. The number of aromatic hydroxyl groups is 1. The number of para-hydroxylation sites is 2. The molecule has 3 N–H and O–H groups in total. The third-order valence-corrected chi connectivity index (χ3v) is 6.13. The predicted octanol–water partition coefficient (Wildman–Crippen LogP) is 4.43. The summed E-state index contributed by atoms with van der Waals surface area (Å²) in [5, 5.41) is 15.8. The minimum absolute atomic E-state index is 0.0478. The molecular formula is C27H29N3O4. The summed E-state index contributed by atoms with van der Waals surface area (Å²) in [5.41, 5.74) is 1.98. The zero-order chi connectivity index (χ0) is 23.9. The average Bonchev–Trinajstić information content (AvgIpc) is 2.87. The maximum atomic E-state index is 13.4. The Bertz CT molecular complexity index is 1130. The highest BCUT2D eigenvalue weighted by Crippen LogP contribution is 2.30. The standard InChI is InChI=1S/C27H29N3O4/c1-34-22-11-7-10-21(18-22)28-27(33)25(19-8-3-2-4-9-19)30-16-14-20(15-17-30)26(32)29-23-12-5-6-13-24(23)31/h2-13,18,20,25,31H,14-17H2,1H3,(H,28,33)(H,29,32)/t25-/m0/s1. The van der Waals surface area contributed by atoms with Crippen molar-refractivity contribution in [3.63, 3.8) is 0 Å². The van der Waals surface area contributed by atoms with Gasteiger partial charge in [0, 0.05) is 17.7 Å². The second kappa shape index (κ2) is 10.9. The number of phenolic OH excluding ortho intramolecular Hbond substituents is 1. The van der Waals surface area contributed by atoms with E-state index in [4.69, 9.17) is 4.74 Å². The average molecular weight is 460 g/mol. The quantitative estimate of drug-likeness (QED) is 0.455. The van der Waals surface area contributed by atoms with Gasteiger partial charge in [-0.15, -0.1) is 0 Å². The van der Waals surface area contributed by atoms with Crippen molar-refractivity contribution >= 4 is 23.2 Å². The van der Waals surface area contributed by atoms with Crippen molar-refractivity contribution in [1.29, 1.82) is 0 Å². The maximum absolute atomic E-state index is 13.4. The molecule has 1 fully saturated rings. The van der Waals surface area contributed by atoms with Gasteiger partial charge in [-0.1, -0.05) is 48.5 Å². The van der Waals surface area contributed by atoms with Crippen molar-refractivity contribution in [1.82, 2.24) is 4.90 Å². The first-order valence-corrected chi connectivity index (χ1v) is 11.4. The van der Waals surface area contributed by atoms with E-state index in [0.29, 0.717) is 43.1 Å². The van der Waals surface area contributed by atoms with Crippen molar-refractivity contribution < 1.29 is 19.4 Å². The van der Waals surface area contributed by atoms with Crippen LogP contribution in [0, 0.1) is 5.92 Å². The van der Waals surface area contributed by atoms with Crippen molar-refractivity contribution in [3.8, 4) is 11.5 Å². The minimum atomic E-state index is -0.477. The van der Waals surface area contributed by atoms with Gasteiger partial charge in [-0.3, -0.25) is 14.5 Å². The highest BCUT2D eigenvalue weighted by molar-refractivity contribution is 5.96. The Morgan fingerprint density at radius 3 is 2.35 bits per heavy atom. The Kier molecular flexibility index (Phi) is 7.44. The van der Waals surface area contributed by atoms with Gasteiger partial charge in [-0.2, -0.15) is 0 Å².